The van der Waals surface area contributed by atoms with Gasteiger partial charge < -0.3 is 9.47 Å². The lowest BCUT2D eigenvalue weighted by Crippen LogP contribution is -2.24. The zero-order valence-electron chi connectivity index (χ0n) is 13.0. The molecule has 2 aromatic rings. The lowest BCUT2D eigenvalue weighted by Gasteiger charge is -2.20. The Morgan fingerprint density at radius 1 is 1.21 bits per heavy atom. The van der Waals surface area contributed by atoms with Gasteiger partial charge >= 0.3 is 0 Å². The van der Waals surface area contributed by atoms with E-state index in [1.807, 2.05) is 24.3 Å². The molecular formula is C18H15FN2O3. The van der Waals surface area contributed by atoms with E-state index < -0.39 is 0 Å². The lowest BCUT2D eigenvalue weighted by molar-refractivity contribution is -0.130. The van der Waals surface area contributed by atoms with Crippen LogP contribution < -0.4 is 9.47 Å². The maximum absolute atomic E-state index is 13.5. The van der Waals surface area contributed by atoms with Gasteiger partial charge in [0.05, 0.1) is 11.8 Å². The molecule has 5 nitrogen and oxygen atoms in total. The van der Waals surface area contributed by atoms with Gasteiger partial charge in [-0.3, -0.25) is 4.79 Å². The van der Waals surface area contributed by atoms with Crippen molar-refractivity contribution in [3.63, 3.8) is 0 Å². The summed E-state index contributed by atoms with van der Waals surface area (Å²) >= 11 is 0. The number of rotatable bonds is 2. The molecule has 0 aromatic heterocycles. The van der Waals surface area contributed by atoms with Crippen LogP contribution in [0.3, 0.4) is 0 Å². The standard InChI is InChI=1S/C18H15FN2O3/c1-11(22)21-16(13-3-2-4-14(19)7-13)9-15(20-21)12-5-6-17-18(8-12)24-10-23-17/h2-8,16H,9-10H2,1H3. The summed E-state index contributed by atoms with van der Waals surface area (Å²) in [5.74, 6) is 0.855. The Kier molecular flexibility index (Phi) is 3.45. The molecule has 2 aliphatic heterocycles. The SMILES string of the molecule is CC(=O)N1N=C(c2ccc3c(c2)OCO3)CC1c1cccc(F)c1. The molecule has 0 saturated carbocycles. The maximum Gasteiger partial charge on any atom is 0.240 e. The van der Waals surface area contributed by atoms with Crippen LogP contribution in [0, 0.1) is 5.82 Å². The summed E-state index contributed by atoms with van der Waals surface area (Å²) in [5.41, 5.74) is 2.35. The number of benzene rings is 2. The normalized spacial score (nSPS) is 18.7. The zero-order valence-corrected chi connectivity index (χ0v) is 13.0. The third kappa shape index (κ3) is 2.50. The van der Waals surface area contributed by atoms with E-state index in [1.54, 1.807) is 6.07 Å². The summed E-state index contributed by atoms with van der Waals surface area (Å²) in [6.45, 7) is 1.66. The number of nitrogens with zero attached hydrogens (tertiary/aromatic N) is 2. The molecule has 1 amide bonds. The van der Waals surface area contributed by atoms with Gasteiger partial charge in [0.1, 0.15) is 5.82 Å². The predicted octanol–water partition coefficient (Wildman–Crippen LogP) is 3.25. The quantitative estimate of drug-likeness (QED) is 0.851. The van der Waals surface area contributed by atoms with Gasteiger partial charge in [-0.05, 0) is 35.9 Å². The molecule has 1 unspecified atom stereocenters. The molecule has 2 aliphatic rings. The summed E-state index contributed by atoms with van der Waals surface area (Å²) in [5, 5.41) is 5.86. The van der Waals surface area contributed by atoms with Gasteiger partial charge in [0, 0.05) is 18.9 Å². The minimum atomic E-state index is -0.326. The average Bonchev–Trinajstić information content (AvgIpc) is 3.21. The third-order valence-electron chi connectivity index (χ3n) is 4.17. The second-order valence-electron chi connectivity index (χ2n) is 5.75. The fourth-order valence-corrected chi connectivity index (χ4v) is 3.02. The predicted molar refractivity (Wildman–Crippen MR) is 85.4 cm³/mol. The summed E-state index contributed by atoms with van der Waals surface area (Å²) in [7, 11) is 0. The second kappa shape index (κ2) is 5.63. The molecule has 122 valence electrons. The van der Waals surface area contributed by atoms with E-state index in [0.29, 0.717) is 17.9 Å². The van der Waals surface area contributed by atoms with Gasteiger partial charge in [-0.1, -0.05) is 12.1 Å². The molecule has 0 N–H and O–H groups in total. The Morgan fingerprint density at radius 2 is 2.04 bits per heavy atom. The van der Waals surface area contributed by atoms with Gasteiger partial charge in [-0.15, -0.1) is 0 Å². The highest BCUT2D eigenvalue weighted by Crippen LogP contribution is 2.37. The van der Waals surface area contributed by atoms with E-state index in [1.165, 1.54) is 24.1 Å². The molecular weight excluding hydrogens is 311 g/mol. The summed E-state index contributed by atoms with van der Waals surface area (Å²) in [6, 6.07) is 11.5. The van der Waals surface area contributed by atoms with Crippen molar-refractivity contribution in [2.45, 2.75) is 19.4 Å². The van der Waals surface area contributed by atoms with Gasteiger partial charge in [0.15, 0.2) is 11.5 Å². The van der Waals surface area contributed by atoms with Crippen LogP contribution in [0.15, 0.2) is 47.6 Å². The molecule has 24 heavy (non-hydrogen) atoms. The second-order valence-corrected chi connectivity index (χ2v) is 5.75. The van der Waals surface area contributed by atoms with Crippen molar-refractivity contribution in [3.05, 3.63) is 59.4 Å². The maximum atomic E-state index is 13.5. The van der Waals surface area contributed by atoms with E-state index in [4.69, 9.17) is 9.47 Å². The molecule has 0 aliphatic carbocycles. The molecule has 6 heteroatoms. The molecule has 0 bridgehead atoms. The van der Waals surface area contributed by atoms with Gasteiger partial charge in [-0.25, -0.2) is 9.40 Å². The number of carbonyl (C=O) groups is 1. The Labute approximate surface area is 138 Å². The largest absolute Gasteiger partial charge is 0.454 e. The highest BCUT2D eigenvalue weighted by atomic mass is 19.1. The first kappa shape index (κ1) is 14.7. The van der Waals surface area contributed by atoms with Gasteiger partial charge in [0.2, 0.25) is 12.7 Å². The van der Waals surface area contributed by atoms with Crippen molar-refractivity contribution in [1.82, 2.24) is 5.01 Å². The lowest BCUT2D eigenvalue weighted by atomic mass is 9.98. The Bertz CT molecular complexity index is 850. The molecule has 2 heterocycles. The number of carbonyl (C=O) groups excluding carboxylic acids is 1. The van der Waals surface area contributed by atoms with Gasteiger partial charge in [0.25, 0.3) is 0 Å². The topological polar surface area (TPSA) is 51.1 Å². The Morgan fingerprint density at radius 3 is 2.83 bits per heavy atom. The molecule has 4 rings (SSSR count). The average molecular weight is 326 g/mol. The van der Waals surface area contributed by atoms with Crippen LogP contribution in [0.1, 0.15) is 30.5 Å². The third-order valence-corrected chi connectivity index (χ3v) is 4.17. The van der Waals surface area contributed by atoms with Crippen molar-refractivity contribution in [3.8, 4) is 11.5 Å². The van der Waals surface area contributed by atoms with Crippen molar-refractivity contribution < 1.29 is 18.7 Å². The minimum absolute atomic E-state index is 0.181. The number of ether oxygens (including phenoxy) is 2. The Hall–Kier alpha value is -2.89. The van der Waals surface area contributed by atoms with E-state index in [0.717, 1.165) is 16.8 Å². The highest BCUT2D eigenvalue weighted by molar-refractivity contribution is 6.03. The number of hydrogen-bond donors (Lipinski definition) is 0. The molecule has 0 spiro atoms. The molecule has 0 fully saturated rings. The van der Waals surface area contributed by atoms with E-state index in [-0.39, 0.29) is 24.6 Å². The Balaban J connectivity index is 1.68. The van der Waals surface area contributed by atoms with Crippen LogP contribution in [0.25, 0.3) is 0 Å². The number of fused-ring (bicyclic) bond motifs is 1. The highest BCUT2D eigenvalue weighted by Gasteiger charge is 2.32. The summed E-state index contributed by atoms with van der Waals surface area (Å²) in [4.78, 5) is 12.0. The fourth-order valence-electron chi connectivity index (χ4n) is 3.02. The van der Waals surface area contributed by atoms with Crippen LogP contribution >= 0.6 is 0 Å². The van der Waals surface area contributed by atoms with Gasteiger partial charge in [-0.2, -0.15) is 5.10 Å². The van der Waals surface area contributed by atoms with E-state index in [2.05, 4.69) is 5.10 Å². The number of halogens is 1. The van der Waals surface area contributed by atoms with Crippen molar-refractivity contribution in [1.29, 1.82) is 0 Å². The molecule has 2 aromatic carbocycles. The monoisotopic (exact) mass is 326 g/mol. The molecule has 1 atom stereocenters. The molecule has 0 radical (unpaired) electrons. The summed E-state index contributed by atoms with van der Waals surface area (Å²) in [6.07, 6.45) is 0.517. The minimum Gasteiger partial charge on any atom is -0.454 e. The first-order valence-electron chi connectivity index (χ1n) is 7.64. The smallest absolute Gasteiger partial charge is 0.240 e. The van der Waals surface area contributed by atoms with Crippen molar-refractivity contribution in [2.24, 2.45) is 5.10 Å². The van der Waals surface area contributed by atoms with E-state index in [9.17, 15) is 9.18 Å². The zero-order chi connectivity index (χ0) is 16.7. The number of amides is 1. The molecule has 0 saturated heterocycles. The van der Waals surface area contributed by atoms with Crippen molar-refractivity contribution in [2.75, 3.05) is 6.79 Å². The van der Waals surface area contributed by atoms with Crippen LogP contribution in [0.4, 0.5) is 4.39 Å². The first-order chi connectivity index (χ1) is 11.6. The first-order valence-corrected chi connectivity index (χ1v) is 7.64. The van der Waals surface area contributed by atoms with Crippen LogP contribution in [0.2, 0.25) is 0 Å². The van der Waals surface area contributed by atoms with E-state index >= 15 is 0 Å². The fraction of sp³-hybridized carbons (Fsp3) is 0.222. The summed E-state index contributed by atoms with van der Waals surface area (Å²) < 4.78 is 24.3. The number of hydrogen-bond acceptors (Lipinski definition) is 4. The van der Waals surface area contributed by atoms with Crippen LogP contribution in [0.5, 0.6) is 11.5 Å². The number of hydrazone groups is 1. The van der Waals surface area contributed by atoms with Crippen LogP contribution in [-0.4, -0.2) is 23.4 Å². The van der Waals surface area contributed by atoms with Crippen molar-refractivity contribution >= 4 is 11.6 Å². The van der Waals surface area contributed by atoms with Crippen LogP contribution in [-0.2, 0) is 4.79 Å².